The summed E-state index contributed by atoms with van der Waals surface area (Å²) in [5.74, 6) is -0.471. The molecular weight excluding hydrogens is 328 g/mol. The number of nitrogens with zero attached hydrogens (tertiary/aromatic N) is 2. The van der Waals surface area contributed by atoms with Crippen LogP contribution < -0.4 is 10.6 Å². The number of hydrogen-bond donors (Lipinski definition) is 2. The van der Waals surface area contributed by atoms with Crippen molar-refractivity contribution in [3.05, 3.63) is 52.8 Å². The lowest BCUT2D eigenvalue weighted by atomic mass is 10.1. The van der Waals surface area contributed by atoms with Gasteiger partial charge < -0.3 is 10.6 Å². The van der Waals surface area contributed by atoms with Gasteiger partial charge in [0.25, 0.3) is 5.91 Å². The summed E-state index contributed by atoms with van der Waals surface area (Å²) >= 11 is 0. The highest BCUT2D eigenvalue weighted by atomic mass is 16.2. The number of aromatic nitrogens is 2. The maximum absolute atomic E-state index is 12.5. The highest BCUT2D eigenvalue weighted by Crippen LogP contribution is 2.10. The van der Waals surface area contributed by atoms with Gasteiger partial charge in [0.05, 0.1) is 12.2 Å². The Balaban J connectivity index is 2.05. The van der Waals surface area contributed by atoms with Gasteiger partial charge >= 0.3 is 0 Å². The number of benzene rings is 1. The van der Waals surface area contributed by atoms with Crippen LogP contribution >= 0.6 is 0 Å². The Morgan fingerprint density at radius 1 is 1.19 bits per heavy atom. The summed E-state index contributed by atoms with van der Waals surface area (Å²) in [6.45, 7) is 12.0. The molecule has 1 heterocycles. The summed E-state index contributed by atoms with van der Waals surface area (Å²) < 4.78 is 1.91. The first-order valence-corrected chi connectivity index (χ1v) is 8.78. The third-order valence-electron chi connectivity index (χ3n) is 3.86. The first kappa shape index (κ1) is 19.7. The van der Waals surface area contributed by atoms with Crippen LogP contribution in [-0.4, -0.2) is 33.2 Å². The average molecular weight is 356 g/mol. The van der Waals surface area contributed by atoms with E-state index >= 15 is 0 Å². The van der Waals surface area contributed by atoms with Gasteiger partial charge in [0.1, 0.15) is 6.04 Å². The monoisotopic (exact) mass is 356 g/mol. The van der Waals surface area contributed by atoms with E-state index in [1.165, 1.54) is 0 Å². The van der Waals surface area contributed by atoms with Crippen LogP contribution in [0.4, 0.5) is 0 Å². The zero-order chi connectivity index (χ0) is 19.5. The number of nitrogens with one attached hydrogen (secondary N) is 2. The van der Waals surface area contributed by atoms with E-state index < -0.39 is 6.04 Å². The number of carbonyl (C=O) groups is 2. The Bertz CT molecular complexity index is 802. The predicted molar refractivity (Wildman–Crippen MR) is 102 cm³/mol. The van der Waals surface area contributed by atoms with E-state index in [1.807, 2.05) is 63.6 Å². The molecule has 0 aliphatic carbocycles. The van der Waals surface area contributed by atoms with Crippen LogP contribution in [-0.2, 0) is 11.3 Å². The molecule has 2 N–H and O–H groups in total. The lowest BCUT2D eigenvalue weighted by Gasteiger charge is -2.23. The fourth-order valence-corrected chi connectivity index (χ4v) is 2.64. The zero-order valence-electron chi connectivity index (χ0n) is 16.4. The van der Waals surface area contributed by atoms with Gasteiger partial charge in [-0.15, -0.1) is 0 Å². The molecule has 0 radical (unpaired) electrons. The summed E-state index contributed by atoms with van der Waals surface area (Å²) in [6, 6.07) is 8.79. The van der Waals surface area contributed by atoms with Gasteiger partial charge in [0, 0.05) is 16.8 Å². The normalized spacial score (nSPS) is 12.5. The van der Waals surface area contributed by atoms with Crippen LogP contribution in [0.3, 0.4) is 0 Å². The minimum absolute atomic E-state index is 0.204. The van der Waals surface area contributed by atoms with E-state index in [0.717, 1.165) is 17.0 Å². The second kappa shape index (κ2) is 7.72. The Kier molecular flexibility index (Phi) is 5.85. The predicted octanol–water partition coefficient (Wildman–Crippen LogP) is 2.58. The molecule has 6 heteroatoms. The molecule has 2 rings (SSSR count). The molecule has 0 spiro atoms. The molecule has 1 aromatic carbocycles. The Hall–Kier alpha value is -2.63. The van der Waals surface area contributed by atoms with Crippen LogP contribution in [0.2, 0.25) is 0 Å². The van der Waals surface area contributed by atoms with Crippen molar-refractivity contribution in [1.82, 2.24) is 20.4 Å². The van der Waals surface area contributed by atoms with Gasteiger partial charge in [-0.1, -0.05) is 12.1 Å². The summed E-state index contributed by atoms with van der Waals surface area (Å²) in [5, 5.41) is 10.1. The standard InChI is InChI=1S/C20H28N4O2/c1-13-10-14(2)24(23-13)12-16-8-7-9-17(11-16)19(26)21-15(3)18(25)22-20(4,5)6/h7-11,15H,12H2,1-6H3,(H,21,26)(H,22,25). The lowest BCUT2D eigenvalue weighted by molar-refractivity contribution is -0.124. The molecular formula is C20H28N4O2. The first-order chi connectivity index (χ1) is 12.0. The van der Waals surface area contributed by atoms with Crippen molar-refractivity contribution in [2.24, 2.45) is 0 Å². The number of aryl methyl sites for hydroxylation is 2. The molecule has 0 bridgehead atoms. The molecule has 0 saturated carbocycles. The lowest BCUT2D eigenvalue weighted by Crippen LogP contribution is -2.50. The van der Waals surface area contributed by atoms with E-state index in [1.54, 1.807) is 13.0 Å². The third-order valence-corrected chi connectivity index (χ3v) is 3.86. The molecule has 1 atom stereocenters. The number of carbonyl (C=O) groups excluding carboxylic acids is 2. The maximum atomic E-state index is 12.5. The Morgan fingerprint density at radius 2 is 1.88 bits per heavy atom. The number of amides is 2. The van der Waals surface area contributed by atoms with Crippen molar-refractivity contribution in [2.75, 3.05) is 0 Å². The first-order valence-electron chi connectivity index (χ1n) is 8.78. The topological polar surface area (TPSA) is 76.0 Å². The van der Waals surface area contributed by atoms with Crippen molar-refractivity contribution >= 4 is 11.8 Å². The largest absolute Gasteiger partial charge is 0.350 e. The average Bonchev–Trinajstić information content (AvgIpc) is 2.83. The second-order valence-corrected chi connectivity index (χ2v) is 7.72. The van der Waals surface area contributed by atoms with E-state index in [2.05, 4.69) is 15.7 Å². The zero-order valence-corrected chi connectivity index (χ0v) is 16.4. The van der Waals surface area contributed by atoms with Gasteiger partial charge in [-0.2, -0.15) is 5.10 Å². The van der Waals surface area contributed by atoms with Gasteiger partial charge in [-0.25, -0.2) is 0 Å². The fourth-order valence-electron chi connectivity index (χ4n) is 2.64. The van der Waals surface area contributed by atoms with Crippen molar-refractivity contribution in [2.45, 2.75) is 59.7 Å². The summed E-state index contributed by atoms with van der Waals surface area (Å²) in [6.07, 6.45) is 0. The van der Waals surface area contributed by atoms with Gasteiger partial charge in [-0.3, -0.25) is 14.3 Å². The molecule has 0 saturated heterocycles. The number of rotatable bonds is 5. The summed E-state index contributed by atoms with van der Waals surface area (Å²) in [7, 11) is 0. The van der Waals surface area contributed by atoms with Crippen LogP contribution in [0.15, 0.2) is 30.3 Å². The van der Waals surface area contributed by atoms with E-state index in [0.29, 0.717) is 12.1 Å². The molecule has 140 valence electrons. The quantitative estimate of drug-likeness (QED) is 0.864. The SMILES string of the molecule is Cc1cc(C)n(Cc2cccc(C(=O)NC(C)C(=O)NC(C)(C)C)c2)n1. The molecule has 1 unspecified atom stereocenters. The summed E-state index contributed by atoms with van der Waals surface area (Å²) in [5.41, 5.74) is 3.21. The molecule has 26 heavy (non-hydrogen) atoms. The van der Waals surface area contributed by atoms with Crippen LogP contribution in [0.5, 0.6) is 0 Å². The summed E-state index contributed by atoms with van der Waals surface area (Å²) in [4.78, 5) is 24.6. The minimum atomic E-state index is -0.610. The van der Waals surface area contributed by atoms with Crippen molar-refractivity contribution in [3.8, 4) is 0 Å². The van der Waals surface area contributed by atoms with Gasteiger partial charge in [-0.05, 0) is 65.3 Å². The Labute approximate surface area is 155 Å². The van der Waals surface area contributed by atoms with Gasteiger partial charge in [0.2, 0.25) is 5.91 Å². The smallest absolute Gasteiger partial charge is 0.251 e. The molecule has 1 aromatic heterocycles. The van der Waals surface area contributed by atoms with Crippen LogP contribution in [0.1, 0.15) is 55.0 Å². The number of hydrogen-bond acceptors (Lipinski definition) is 3. The molecule has 6 nitrogen and oxygen atoms in total. The van der Waals surface area contributed by atoms with E-state index in [-0.39, 0.29) is 17.4 Å². The van der Waals surface area contributed by atoms with E-state index in [9.17, 15) is 9.59 Å². The molecule has 0 aliphatic rings. The highest BCUT2D eigenvalue weighted by molar-refractivity contribution is 5.97. The van der Waals surface area contributed by atoms with Crippen LogP contribution in [0.25, 0.3) is 0 Å². The molecule has 0 fully saturated rings. The minimum Gasteiger partial charge on any atom is -0.350 e. The second-order valence-electron chi connectivity index (χ2n) is 7.72. The third kappa shape index (κ3) is 5.44. The molecule has 0 aliphatic heterocycles. The maximum Gasteiger partial charge on any atom is 0.251 e. The van der Waals surface area contributed by atoms with Crippen LogP contribution in [0, 0.1) is 13.8 Å². The Morgan fingerprint density at radius 3 is 2.46 bits per heavy atom. The highest BCUT2D eigenvalue weighted by Gasteiger charge is 2.21. The van der Waals surface area contributed by atoms with Crippen molar-refractivity contribution in [3.63, 3.8) is 0 Å². The molecule has 2 aromatic rings. The van der Waals surface area contributed by atoms with Gasteiger partial charge in [0.15, 0.2) is 0 Å². The molecule has 2 amide bonds. The van der Waals surface area contributed by atoms with Crippen molar-refractivity contribution in [1.29, 1.82) is 0 Å². The van der Waals surface area contributed by atoms with E-state index in [4.69, 9.17) is 0 Å². The van der Waals surface area contributed by atoms with Crippen molar-refractivity contribution < 1.29 is 9.59 Å². The fraction of sp³-hybridized carbons (Fsp3) is 0.450.